The first-order valence-electron chi connectivity index (χ1n) is 6.83. The first-order chi connectivity index (χ1) is 9.54. The number of fused-ring (bicyclic) bond motifs is 1. The molecule has 20 heavy (non-hydrogen) atoms. The van der Waals surface area contributed by atoms with Gasteiger partial charge in [-0.2, -0.15) is 0 Å². The molecule has 0 aliphatic carbocycles. The fourth-order valence-electron chi connectivity index (χ4n) is 2.52. The molecule has 2 amide bonds. The van der Waals surface area contributed by atoms with Gasteiger partial charge in [-0.25, -0.2) is 0 Å². The Hall–Kier alpha value is -2.10. The average molecular weight is 272 g/mol. The summed E-state index contributed by atoms with van der Waals surface area (Å²) in [7, 11) is 1.47. The number of benzene rings is 1. The van der Waals surface area contributed by atoms with Crippen molar-refractivity contribution in [2.75, 3.05) is 18.5 Å². The van der Waals surface area contributed by atoms with Gasteiger partial charge in [-0.3, -0.25) is 14.5 Å². The topological polar surface area (TPSA) is 49.4 Å². The summed E-state index contributed by atoms with van der Waals surface area (Å²) in [4.78, 5) is 25.5. The molecule has 0 saturated carbocycles. The number of carbonyl (C=O) groups is 2. The van der Waals surface area contributed by atoms with Crippen LogP contribution in [0.1, 0.15) is 31.2 Å². The van der Waals surface area contributed by atoms with E-state index < -0.39 is 11.8 Å². The molecule has 1 N–H and O–H groups in total. The van der Waals surface area contributed by atoms with Crippen molar-refractivity contribution >= 4 is 17.5 Å². The van der Waals surface area contributed by atoms with Crippen molar-refractivity contribution in [3.05, 3.63) is 42.0 Å². The maximum atomic E-state index is 12.3. The van der Waals surface area contributed by atoms with Gasteiger partial charge < -0.3 is 5.32 Å². The number of likely N-dealkylation sites (N-methyl/N-ethyl adjacent to an activating group) is 1. The lowest BCUT2D eigenvalue weighted by Gasteiger charge is -2.30. The maximum Gasteiger partial charge on any atom is 0.316 e. The van der Waals surface area contributed by atoms with Crippen molar-refractivity contribution in [1.82, 2.24) is 5.32 Å². The fourth-order valence-corrected chi connectivity index (χ4v) is 2.52. The van der Waals surface area contributed by atoms with Gasteiger partial charge >= 0.3 is 11.8 Å². The van der Waals surface area contributed by atoms with Gasteiger partial charge in [-0.15, -0.1) is 0 Å². The van der Waals surface area contributed by atoms with Crippen LogP contribution in [-0.4, -0.2) is 25.4 Å². The molecule has 0 radical (unpaired) electrons. The van der Waals surface area contributed by atoms with Crippen molar-refractivity contribution in [3.63, 3.8) is 0 Å². The van der Waals surface area contributed by atoms with Crippen molar-refractivity contribution in [1.29, 1.82) is 0 Å². The second-order valence-corrected chi connectivity index (χ2v) is 5.22. The van der Waals surface area contributed by atoms with E-state index in [0.29, 0.717) is 12.5 Å². The van der Waals surface area contributed by atoms with Crippen LogP contribution in [0.3, 0.4) is 0 Å². The summed E-state index contributed by atoms with van der Waals surface area (Å²) in [6, 6.07) is 7.78. The first-order valence-corrected chi connectivity index (χ1v) is 6.83. The minimum Gasteiger partial charge on any atom is -0.351 e. The number of rotatable bonds is 0. The molecule has 0 saturated heterocycles. The molecule has 4 nitrogen and oxygen atoms in total. The van der Waals surface area contributed by atoms with Crippen LogP contribution in [0.2, 0.25) is 0 Å². The Kier molecular flexibility index (Phi) is 4.23. The van der Waals surface area contributed by atoms with E-state index in [4.69, 9.17) is 0 Å². The number of nitrogens with one attached hydrogen (secondary N) is 1. The Morgan fingerprint density at radius 1 is 1.35 bits per heavy atom. The normalized spacial score (nSPS) is 18.8. The molecule has 2 rings (SSSR count). The molecular formula is C16H20N2O2. The summed E-state index contributed by atoms with van der Waals surface area (Å²) in [5.41, 5.74) is 2.90. The minimum absolute atomic E-state index is 0.336. The van der Waals surface area contributed by atoms with Crippen LogP contribution in [0.25, 0.3) is 0 Å². The van der Waals surface area contributed by atoms with E-state index >= 15 is 0 Å². The summed E-state index contributed by atoms with van der Waals surface area (Å²) in [6.07, 6.45) is 1.88. The van der Waals surface area contributed by atoms with Crippen LogP contribution in [0.4, 0.5) is 5.69 Å². The van der Waals surface area contributed by atoms with Gasteiger partial charge in [-0.05, 0) is 30.4 Å². The quantitative estimate of drug-likeness (QED) is 0.581. The van der Waals surface area contributed by atoms with Crippen LogP contribution >= 0.6 is 0 Å². The van der Waals surface area contributed by atoms with Gasteiger partial charge in [0.2, 0.25) is 0 Å². The smallest absolute Gasteiger partial charge is 0.316 e. The van der Waals surface area contributed by atoms with Gasteiger partial charge in [0.25, 0.3) is 0 Å². The Labute approximate surface area is 119 Å². The number of hydrogen-bond acceptors (Lipinski definition) is 2. The van der Waals surface area contributed by atoms with Crippen LogP contribution < -0.4 is 10.2 Å². The zero-order valence-electron chi connectivity index (χ0n) is 12.0. The van der Waals surface area contributed by atoms with Crippen LogP contribution in [0.15, 0.2) is 36.4 Å². The molecule has 106 valence electrons. The summed E-state index contributed by atoms with van der Waals surface area (Å²) < 4.78 is 0. The molecule has 1 aromatic carbocycles. The van der Waals surface area contributed by atoms with E-state index in [2.05, 4.69) is 18.8 Å². The molecule has 1 heterocycles. The van der Waals surface area contributed by atoms with Gasteiger partial charge in [-0.1, -0.05) is 37.3 Å². The highest BCUT2D eigenvalue weighted by Crippen LogP contribution is 2.34. The number of para-hydroxylation sites is 1. The molecule has 4 heteroatoms. The van der Waals surface area contributed by atoms with E-state index in [1.807, 2.05) is 24.3 Å². The third-order valence-electron chi connectivity index (χ3n) is 3.74. The average Bonchev–Trinajstić information content (AvgIpc) is 2.47. The van der Waals surface area contributed by atoms with Crippen molar-refractivity contribution in [3.8, 4) is 0 Å². The zero-order chi connectivity index (χ0) is 14.7. The maximum absolute atomic E-state index is 12.3. The van der Waals surface area contributed by atoms with Gasteiger partial charge in [0, 0.05) is 19.3 Å². The third kappa shape index (κ3) is 2.74. The van der Waals surface area contributed by atoms with Crippen molar-refractivity contribution < 1.29 is 9.59 Å². The summed E-state index contributed by atoms with van der Waals surface area (Å²) in [5.74, 6) is -0.792. The van der Waals surface area contributed by atoms with E-state index in [0.717, 1.165) is 29.7 Å². The monoisotopic (exact) mass is 272 g/mol. The lowest BCUT2D eigenvalue weighted by molar-refractivity contribution is -0.137. The van der Waals surface area contributed by atoms with Crippen molar-refractivity contribution in [2.24, 2.45) is 0 Å². The molecule has 0 fully saturated rings. The van der Waals surface area contributed by atoms with Gasteiger partial charge in [0.1, 0.15) is 0 Å². The summed E-state index contributed by atoms with van der Waals surface area (Å²) in [5, 5.41) is 2.40. The van der Waals surface area contributed by atoms with E-state index in [9.17, 15) is 9.59 Å². The first kappa shape index (κ1) is 14.3. The van der Waals surface area contributed by atoms with Crippen molar-refractivity contribution in [2.45, 2.75) is 25.7 Å². The second kappa shape index (κ2) is 5.90. The molecule has 1 atom stereocenters. The second-order valence-electron chi connectivity index (χ2n) is 5.22. The standard InChI is InChI=1S/C16H20N2O2/c1-11-8-9-12(2)13-6-4-5-7-14(13)18(10-11)16(20)15(19)17-3/h4-7,12H,1,8-10H2,2-3H3,(H,17,19). The summed E-state index contributed by atoms with van der Waals surface area (Å²) >= 11 is 0. The highest BCUT2D eigenvalue weighted by atomic mass is 16.2. The molecule has 1 aliphatic rings. The molecule has 0 spiro atoms. The number of nitrogens with zero attached hydrogens (tertiary/aromatic N) is 1. The third-order valence-corrected chi connectivity index (χ3v) is 3.74. The highest BCUT2D eigenvalue weighted by molar-refractivity contribution is 6.40. The Morgan fingerprint density at radius 3 is 2.75 bits per heavy atom. The molecular weight excluding hydrogens is 252 g/mol. The minimum atomic E-state index is -0.596. The number of anilines is 1. The molecule has 0 bridgehead atoms. The van der Waals surface area contributed by atoms with Gasteiger partial charge in [0.05, 0.1) is 0 Å². The van der Waals surface area contributed by atoms with E-state index in [1.165, 1.54) is 11.9 Å². The zero-order valence-corrected chi connectivity index (χ0v) is 12.0. The molecule has 0 aromatic heterocycles. The number of hydrogen-bond donors (Lipinski definition) is 1. The Balaban J connectivity index is 2.48. The summed E-state index contributed by atoms with van der Waals surface area (Å²) in [6.45, 7) is 6.55. The largest absolute Gasteiger partial charge is 0.351 e. The lowest BCUT2D eigenvalue weighted by atomic mass is 9.90. The SMILES string of the molecule is C=C1CCC(C)c2ccccc2N(C(=O)C(=O)NC)C1. The molecule has 1 aliphatic heterocycles. The molecule has 1 unspecified atom stereocenters. The molecule has 1 aromatic rings. The number of carbonyl (C=O) groups excluding carboxylic acids is 2. The van der Waals surface area contributed by atoms with Crippen LogP contribution in [0.5, 0.6) is 0 Å². The van der Waals surface area contributed by atoms with Crippen LogP contribution in [-0.2, 0) is 9.59 Å². The highest BCUT2D eigenvalue weighted by Gasteiger charge is 2.27. The predicted octanol–water partition coefficient (Wildman–Crippen LogP) is 2.22. The van der Waals surface area contributed by atoms with Crippen LogP contribution in [0, 0.1) is 0 Å². The van der Waals surface area contributed by atoms with Gasteiger partial charge in [0.15, 0.2) is 0 Å². The Bertz CT molecular complexity index is 551. The Morgan fingerprint density at radius 2 is 2.05 bits per heavy atom. The predicted molar refractivity (Wildman–Crippen MR) is 79.7 cm³/mol. The number of amides is 2. The van der Waals surface area contributed by atoms with E-state index in [-0.39, 0.29) is 0 Å². The lowest BCUT2D eigenvalue weighted by Crippen LogP contribution is -2.43. The fraction of sp³-hybridized carbons (Fsp3) is 0.375. The van der Waals surface area contributed by atoms with E-state index in [1.54, 1.807) is 0 Å².